The smallest absolute Gasteiger partial charge is 0.233 e. The highest BCUT2D eigenvalue weighted by molar-refractivity contribution is 5.79. The Morgan fingerprint density at radius 3 is 2.32 bits per heavy atom. The summed E-state index contributed by atoms with van der Waals surface area (Å²) in [6, 6.07) is 0. The molecule has 0 aromatic carbocycles. The number of hydrogen-bond acceptors (Lipinski definition) is 3. The maximum Gasteiger partial charge on any atom is 0.233 e. The molecule has 0 saturated carbocycles. The van der Waals surface area contributed by atoms with E-state index in [1.54, 1.807) is 0 Å². The van der Waals surface area contributed by atoms with Gasteiger partial charge in [-0.2, -0.15) is 0 Å². The van der Waals surface area contributed by atoms with Gasteiger partial charge in [0.25, 0.3) is 0 Å². The molecule has 1 fully saturated rings. The van der Waals surface area contributed by atoms with Crippen molar-refractivity contribution in [3.8, 4) is 0 Å². The van der Waals surface area contributed by atoms with Crippen LogP contribution in [-0.4, -0.2) is 78.8 Å². The van der Waals surface area contributed by atoms with Crippen LogP contribution in [0, 0.1) is 5.92 Å². The van der Waals surface area contributed by atoms with Crippen molar-refractivity contribution in [3.05, 3.63) is 0 Å². The van der Waals surface area contributed by atoms with Crippen LogP contribution < -0.4 is 0 Å². The molecule has 22 heavy (non-hydrogen) atoms. The molecule has 6 heteroatoms. The van der Waals surface area contributed by atoms with Gasteiger partial charge in [-0.25, -0.2) is 5.06 Å². The first-order valence-corrected chi connectivity index (χ1v) is 8.41. The molecule has 1 N–H and O–H groups in total. The summed E-state index contributed by atoms with van der Waals surface area (Å²) in [4.78, 5) is 25.0. The molecule has 2 amide bonds. The van der Waals surface area contributed by atoms with E-state index in [-0.39, 0.29) is 18.4 Å². The topological polar surface area (TPSA) is 60.9 Å². The second kappa shape index (κ2) is 10.6. The van der Waals surface area contributed by atoms with Gasteiger partial charge < -0.3 is 9.38 Å². The largest absolute Gasteiger partial charge is 0.331 e. The molecule has 1 rings (SSSR count). The molecule has 130 valence electrons. The zero-order chi connectivity index (χ0) is 17.2. The van der Waals surface area contributed by atoms with Crippen molar-refractivity contribution >= 4 is 12.3 Å². The highest BCUT2D eigenvalue weighted by atomic mass is 16.5. The summed E-state index contributed by atoms with van der Waals surface area (Å²) >= 11 is 0. The highest BCUT2D eigenvalue weighted by Crippen LogP contribution is 2.16. The summed E-state index contributed by atoms with van der Waals surface area (Å²) < 4.78 is 0.934. The molecule has 0 bridgehead atoms. The van der Waals surface area contributed by atoms with Gasteiger partial charge in [0.05, 0.1) is 52.7 Å². The van der Waals surface area contributed by atoms with Crippen LogP contribution >= 0.6 is 0 Å². The monoisotopic (exact) mass is 316 g/mol. The van der Waals surface area contributed by atoms with E-state index >= 15 is 0 Å². The summed E-state index contributed by atoms with van der Waals surface area (Å²) in [7, 11) is 4.33. The molecular formula is C16H34N3O3+. The Morgan fingerprint density at radius 1 is 1.32 bits per heavy atom. The molecule has 6 nitrogen and oxygen atoms in total. The lowest BCUT2D eigenvalue weighted by Crippen LogP contribution is -2.57. The average molecular weight is 316 g/mol. The summed E-state index contributed by atoms with van der Waals surface area (Å²) in [5.74, 6) is -0.224. The number of hydrogen-bond donors (Lipinski definition) is 1. The van der Waals surface area contributed by atoms with Crippen LogP contribution in [0.5, 0.6) is 0 Å². The van der Waals surface area contributed by atoms with Gasteiger partial charge in [-0.05, 0) is 6.42 Å². The minimum atomic E-state index is -0.293. The van der Waals surface area contributed by atoms with Crippen molar-refractivity contribution in [1.29, 1.82) is 0 Å². The van der Waals surface area contributed by atoms with Gasteiger partial charge >= 0.3 is 0 Å². The fourth-order valence-corrected chi connectivity index (χ4v) is 2.50. The van der Waals surface area contributed by atoms with Gasteiger partial charge in [0.2, 0.25) is 12.3 Å². The number of piperazine rings is 1. The molecule has 1 heterocycles. The van der Waals surface area contributed by atoms with Crippen molar-refractivity contribution in [2.75, 3.05) is 46.8 Å². The molecular weight excluding hydrogens is 282 g/mol. The number of carbonyl (C=O) groups excluding carboxylic acids is 2. The molecule has 1 unspecified atom stereocenters. The van der Waals surface area contributed by atoms with Crippen LogP contribution in [0.2, 0.25) is 0 Å². The van der Waals surface area contributed by atoms with Crippen molar-refractivity contribution in [2.24, 2.45) is 5.92 Å². The highest BCUT2D eigenvalue weighted by Gasteiger charge is 2.31. The fraction of sp³-hybridized carbons (Fsp3) is 0.875. The zero-order valence-electron chi connectivity index (χ0n) is 14.9. The van der Waals surface area contributed by atoms with Crippen LogP contribution in [-0.2, 0) is 9.59 Å². The van der Waals surface area contributed by atoms with Gasteiger partial charge in [-0.15, -0.1) is 0 Å². The van der Waals surface area contributed by atoms with E-state index in [9.17, 15) is 14.8 Å². The molecule has 0 aromatic rings. The quantitative estimate of drug-likeness (QED) is 0.336. The van der Waals surface area contributed by atoms with E-state index < -0.39 is 0 Å². The van der Waals surface area contributed by atoms with Crippen LogP contribution in [0.15, 0.2) is 0 Å². The Balaban J connectivity index is 0.00000211. The SMILES string of the molecule is CC.CCCCC(CN(O)C=O)C(=O)N1CC[N+](C)(C)CC1. The van der Waals surface area contributed by atoms with E-state index in [0.29, 0.717) is 11.5 Å². The van der Waals surface area contributed by atoms with E-state index in [4.69, 9.17) is 0 Å². The van der Waals surface area contributed by atoms with E-state index in [2.05, 4.69) is 21.0 Å². The predicted octanol–water partition coefficient (Wildman–Crippen LogP) is 1.59. The van der Waals surface area contributed by atoms with E-state index in [1.807, 2.05) is 18.7 Å². The first kappa shape index (κ1) is 20.9. The maximum atomic E-state index is 12.5. The fourth-order valence-electron chi connectivity index (χ4n) is 2.50. The zero-order valence-corrected chi connectivity index (χ0v) is 14.9. The lowest BCUT2D eigenvalue weighted by Gasteiger charge is -2.40. The number of carbonyl (C=O) groups is 2. The maximum absolute atomic E-state index is 12.5. The first-order chi connectivity index (χ1) is 10.4. The van der Waals surface area contributed by atoms with E-state index in [1.165, 1.54) is 0 Å². The molecule has 1 saturated heterocycles. The first-order valence-electron chi connectivity index (χ1n) is 8.41. The second-order valence-electron chi connectivity index (χ2n) is 6.27. The molecule has 1 atom stereocenters. The lowest BCUT2D eigenvalue weighted by molar-refractivity contribution is -0.894. The van der Waals surface area contributed by atoms with Crippen LogP contribution in [0.25, 0.3) is 0 Å². The van der Waals surface area contributed by atoms with Crippen molar-refractivity contribution in [3.63, 3.8) is 0 Å². The Hall–Kier alpha value is -1.14. The second-order valence-corrected chi connectivity index (χ2v) is 6.27. The molecule has 0 aromatic heterocycles. The van der Waals surface area contributed by atoms with Crippen LogP contribution in [0.1, 0.15) is 40.0 Å². The molecule has 0 aliphatic carbocycles. The summed E-state index contributed by atoms with van der Waals surface area (Å²) in [6.07, 6.45) is 3.01. The van der Waals surface area contributed by atoms with Gasteiger partial charge in [0.15, 0.2) is 0 Å². The summed E-state index contributed by atoms with van der Waals surface area (Å²) in [6.45, 7) is 9.56. The van der Waals surface area contributed by atoms with Crippen molar-refractivity contribution < 1.29 is 19.3 Å². The number of amides is 2. The molecule has 0 spiro atoms. The standard InChI is InChI=1S/C14H28N3O3.C2H6/c1-4-5-6-13(11-16(20)12-18)14(19)15-7-9-17(2,3)10-8-15;1-2/h12-13,20H,4-11H2,1-3H3;1-2H3/q+1;. The average Bonchev–Trinajstić information content (AvgIpc) is 2.52. The number of likely N-dealkylation sites (N-methyl/N-ethyl adjacent to an activating group) is 1. The lowest BCUT2D eigenvalue weighted by atomic mass is 9.99. The van der Waals surface area contributed by atoms with Gasteiger partial charge in [-0.3, -0.25) is 14.8 Å². The number of rotatable bonds is 7. The molecule has 0 radical (unpaired) electrons. The number of unbranched alkanes of at least 4 members (excludes halogenated alkanes) is 1. The predicted molar refractivity (Wildman–Crippen MR) is 87.3 cm³/mol. The number of hydroxylamine groups is 2. The van der Waals surface area contributed by atoms with Crippen LogP contribution in [0.4, 0.5) is 0 Å². The van der Waals surface area contributed by atoms with Crippen molar-refractivity contribution in [2.45, 2.75) is 40.0 Å². The summed E-state index contributed by atoms with van der Waals surface area (Å²) in [5.41, 5.74) is 0. The molecule has 1 aliphatic rings. The minimum absolute atomic E-state index is 0.0686. The number of nitrogens with zero attached hydrogens (tertiary/aromatic N) is 3. The normalized spacial score (nSPS) is 18.0. The van der Waals surface area contributed by atoms with E-state index in [0.717, 1.165) is 49.9 Å². The van der Waals surface area contributed by atoms with Crippen molar-refractivity contribution in [1.82, 2.24) is 9.96 Å². The van der Waals surface area contributed by atoms with Gasteiger partial charge in [0, 0.05) is 0 Å². The molecule has 1 aliphatic heterocycles. The third-order valence-corrected chi connectivity index (χ3v) is 4.05. The number of quaternary nitrogens is 1. The Morgan fingerprint density at radius 2 is 1.86 bits per heavy atom. The third-order valence-electron chi connectivity index (χ3n) is 4.05. The minimum Gasteiger partial charge on any atom is -0.331 e. The summed E-state index contributed by atoms with van der Waals surface area (Å²) in [5, 5.41) is 9.93. The Bertz CT molecular complexity index is 325. The Labute approximate surface area is 135 Å². The van der Waals surface area contributed by atoms with Gasteiger partial charge in [-0.1, -0.05) is 33.6 Å². The van der Waals surface area contributed by atoms with Crippen LogP contribution in [0.3, 0.4) is 0 Å². The van der Waals surface area contributed by atoms with Gasteiger partial charge in [0.1, 0.15) is 0 Å². The third kappa shape index (κ3) is 7.22. The Kier molecular flexibility index (Phi) is 10.0.